The number of amides is 1. The van der Waals surface area contributed by atoms with Crippen molar-refractivity contribution in [2.24, 2.45) is 0 Å². The zero-order valence-corrected chi connectivity index (χ0v) is 10.2. The largest absolute Gasteiger partial charge is 0.449 e. The fraction of sp³-hybridized carbons (Fsp3) is 0.400. The third-order valence-corrected chi connectivity index (χ3v) is 2.17. The second kappa shape index (κ2) is 7.16. The zero-order chi connectivity index (χ0) is 11.8. The highest BCUT2D eigenvalue weighted by molar-refractivity contribution is 9.10. The molecule has 0 atom stereocenters. The zero-order valence-electron chi connectivity index (χ0n) is 8.58. The molecule has 0 aliphatic carbocycles. The second-order valence-electron chi connectivity index (χ2n) is 3.02. The van der Waals surface area contributed by atoms with Crippen molar-refractivity contribution < 1.29 is 13.9 Å². The third kappa shape index (κ3) is 5.06. The van der Waals surface area contributed by atoms with Crippen LogP contribution in [0, 0.1) is 0 Å². The summed E-state index contributed by atoms with van der Waals surface area (Å²) in [4.78, 5) is 15.1. The van der Waals surface area contributed by atoms with E-state index in [0.717, 1.165) is 5.56 Å². The van der Waals surface area contributed by atoms with Gasteiger partial charge in [0.25, 0.3) is 0 Å². The van der Waals surface area contributed by atoms with Gasteiger partial charge >= 0.3 is 6.09 Å². The normalized spacial score (nSPS) is 9.88. The van der Waals surface area contributed by atoms with Gasteiger partial charge in [-0.1, -0.05) is 0 Å². The Morgan fingerprint density at radius 2 is 2.44 bits per heavy atom. The standard InChI is InChI=1S/C10H12BrFN2O2/c11-9-6-8(2-4-13-9)7-14-10(15)16-5-1-3-12/h2,4,6H,1,3,5,7H2,(H,14,15). The average molecular weight is 291 g/mol. The molecule has 1 amide bonds. The first kappa shape index (κ1) is 12.9. The van der Waals surface area contributed by atoms with Crippen LogP contribution in [0.4, 0.5) is 9.18 Å². The number of alkyl halides is 1. The van der Waals surface area contributed by atoms with Crippen LogP contribution in [0.5, 0.6) is 0 Å². The highest BCUT2D eigenvalue weighted by Crippen LogP contribution is 2.07. The molecular formula is C10H12BrFN2O2. The van der Waals surface area contributed by atoms with Crippen molar-refractivity contribution in [3.8, 4) is 0 Å². The number of halogens is 2. The molecule has 0 radical (unpaired) electrons. The lowest BCUT2D eigenvalue weighted by molar-refractivity contribution is 0.141. The number of rotatable bonds is 5. The van der Waals surface area contributed by atoms with Crippen LogP contribution >= 0.6 is 15.9 Å². The lowest BCUT2D eigenvalue weighted by Gasteiger charge is -2.06. The molecule has 1 aromatic heterocycles. The number of aromatic nitrogens is 1. The highest BCUT2D eigenvalue weighted by Gasteiger charge is 2.01. The number of pyridine rings is 1. The first-order valence-electron chi connectivity index (χ1n) is 4.79. The van der Waals surface area contributed by atoms with Crippen LogP contribution in [-0.4, -0.2) is 24.4 Å². The molecule has 6 heteroatoms. The summed E-state index contributed by atoms with van der Waals surface area (Å²) in [5.74, 6) is 0. The molecule has 1 aromatic rings. The Hall–Kier alpha value is -1.17. The summed E-state index contributed by atoms with van der Waals surface area (Å²) in [6.45, 7) is -0.0253. The van der Waals surface area contributed by atoms with Crippen LogP contribution in [0.1, 0.15) is 12.0 Å². The van der Waals surface area contributed by atoms with E-state index in [1.165, 1.54) is 0 Å². The van der Waals surface area contributed by atoms with E-state index in [1.54, 1.807) is 18.3 Å². The van der Waals surface area contributed by atoms with Gasteiger partial charge in [-0.05, 0) is 33.6 Å². The number of nitrogens with one attached hydrogen (secondary N) is 1. The Bertz CT molecular complexity index is 349. The molecule has 1 N–H and O–H groups in total. The van der Waals surface area contributed by atoms with E-state index in [9.17, 15) is 9.18 Å². The topological polar surface area (TPSA) is 51.2 Å². The van der Waals surface area contributed by atoms with Crippen molar-refractivity contribution in [3.63, 3.8) is 0 Å². The molecule has 0 saturated carbocycles. The molecule has 88 valence electrons. The quantitative estimate of drug-likeness (QED) is 0.669. The van der Waals surface area contributed by atoms with E-state index >= 15 is 0 Å². The average Bonchev–Trinajstić information content (AvgIpc) is 2.27. The van der Waals surface area contributed by atoms with Gasteiger partial charge < -0.3 is 10.1 Å². The Morgan fingerprint density at radius 3 is 3.12 bits per heavy atom. The molecule has 1 heterocycles. The van der Waals surface area contributed by atoms with Gasteiger partial charge in [-0.25, -0.2) is 9.78 Å². The molecule has 4 nitrogen and oxygen atoms in total. The minimum Gasteiger partial charge on any atom is -0.449 e. The molecule has 0 bridgehead atoms. The number of ether oxygens (including phenoxy) is 1. The van der Waals surface area contributed by atoms with Crippen LogP contribution in [0.2, 0.25) is 0 Å². The maximum atomic E-state index is 11.7. The smallest absolute Gasteiger partial charge is 0.407 e. The number of nitrogens with zero attached hydrogens (tertiary/aromatic N) is 1. The van der Waals surface area contributed by atoms with Gasteiger partial charge in [-0.2, -0.15) is 0 Å². The number of carbonyl (C=O) groups is 1. The summed E-state index contributed by atoms with van der Waals surface area (Å²) in [5, 5.41) is 2.55. The monoisotopic (exact) mass is 290 g/mol. The summed E-state index contributed by atoms with van der Waals surface area (Å²) in [5.41, 5.74) is 0.907. The van der Waals surface area contributed by atoms with Crippen LogP contribution < -0.4 is 5.32 Å². The van der Waals surface area contributed by atoms with E-state index in [0.29, 0.717) is 11.1 Å². The lowest BCUT2D eigenvalue weighted by Crippen LogP contribution is -2.24. The maximum Gasteiger partial charge on any atom is 0.407 e. The molecule has 0 saturated heterocycles. The summed E-state index contributed by atoms with van der Waals surface area (Å²) in [6, 6.07) is 3.58. The molecule has 0 fully saturated rings. The number of hydrogen-bond acceptors (Lipinski definition) is 3. The minimum atomic E-state index is -0.540. The second-order valence-corrected chi connectivity index (χ2v) is 3.83. The Balaban J connectivity index is 2.26. The van der Waals surface area contributed by atoms with Gasteiger partial charge in [0, 0.05) is 19.2 Å². The van der Waals surface area contributed by atoms with Crippen LogP contribution in [0.15, 0.2) is 22.9 Å². The molecule has 1 rings (SSSR count). The van der Waals surface area contributed by atoms with E-state index in [-0.39, 0.29) is 13.0 Å². The fourth-order valence-corrected chi connectivity index (χ4v) is 1.41. The molecule has 0 unspecified atom stereocenters. The Kier molecular flexibility index (Phi) is 5.77. The molecule has 0 aromatic carbocycles. The van der Waals surface area contributed by atoms with Crippen molar-refractivity contribution in [2.75, 3.05) is 13.3 Å². The number of hydrogen-bond donors (Lipinski definition) is 1. The van der Waals surface area contributed by atoms with E-state index in [2.05, 4.69) is 26.2 Å². The van der Waals surface area contributed by atoms with E-state index < -0.39 is 12.8 Å². The maximum absolute atomic E-state index is 11.7. The molecule has 0 spiro atoms. The van der Waals surface area contributed by atoms with Crippen molar-refractivity contribution in [1.29, 1.82) is 0 Å². The van der Waals surface area contributed by atoms with Crippen molar-refractivity contribution in [1.82, 2.24) is 10.3 Å². The first-order valence-corrected chi connectivity index (χ1v) is 5.58. The Labute approximate surface area is 101 Å². The van der Waals surface area contributed by atoms with Gasteiger partial charge in [0.1, 0.15) is 4.60 Å². The Morgan fingerprint density at radius 1 is 1.62 bits per heavy atom. The fourth-order valence-electron chi connectivity index (χ4n) is 0.997. The van der Waals surface area contributed by atoms with Gasteiger partial charge in [0.05, 0.1) is 13.3 Å². The van der Waals surface area contributed by atoms with Crippen LogP contribution in [0.3, 0.4) is 0 Å². The molecule has 16 heavy (non-hydrogen) atoms. The summed E-state index contributed by atoms with van der Waals surface area (Å²) in [7, 11) is 0. The predicted octanol–water partition coefficient (Wildman–Crippen LogP) is 2.43. The van der Waals surface area contributed by atoms with Crippen LogP contribution in [0.25, 0.3) is 0 Å². The molecular weight excluding hydrogens is 279 g/mol. The summed E-state index contributed by atoms with van der Waals surface area (Å²) < 4.78 is 17.1. The lowest BCUT2D eigenvalue weighted by atomic mass is 10.3. The molecule has 0 aliphatic heterocycles. The van der Waals surface area contributed by atoms with Gasteiger partial charge in [0.2, 0.25) is 0 Å². The molecule has 0 aliphatic rings. The third-order valence-electron chi connectivity index (χ3n) is 1.74. The minimum absolute atomic E-state index is 0.0996. The van der Waals surface area contributed by atoms with Crippen LogP contribution in [-0.2, 0) is 11.3 Å². The predicted molar refractivity (Wildman–Crippen MR) is 60.7 cm³/mol. The number of alkyl carbamates (subject to hydrolysis) is 1. The van der Waals surface area contributed by atoms with Crippen molar-refractivity contribution in [3.05, 3.63) is 28.5 Å². The number of carbonyl (C=O) groups excluding carboxylic acids is 1. The van der Waals surface area contributed by atoms with Crippen molar-refractivity contribution >= 4 is 22.0 Å². The van der Waals surface area contributed by atoms with Gasteiger partial charge in [0.15, 0.2) is 0 Å². The highest BCUT2D eigenvalue weighted by atomic mass is 79.9. The van der Waals surface area contributed by atoms with E-state index in [1.807, 2.05) is 0 Å². The van der Waals surface area contributed by atoms with Gasteiger partial charge in [-0.3, -0.25) is 4.39 Å². The SMILES string of the molecule is O=C(NCc1ccnc(Br)c1)OCCCF. The van der Waals surface area contributed by atoms with Crippen molar-refractivity contribution in [2.45, 2.75) is 13.0 Å². The summed E-state index contributed by atoms with van der Waals surface area (Å²) in [6.07, 6.45) is 1.32. The summed E-state index contributed by atoms with van der Waals surface area (Å²) >= 11 is 3.22. The van der Waals surface area contributed by atoms with E-state index in [4.69, 9.17) is 4.74 Å². The first-order chi connectivity index (χ1) is 7.72. The van der Waals surface area contributed by atoms with Gasteiger partial charge in [-0.15, -0.1) is 0 Å².